The third-order valence-electron chi connectivity index (χ3n) is 4.57. The minimum atomic E-state index is -3.92. The highest BCUT2D eigenvalue weighted by atomic mass is 32.2. The Bertz CT molecular complexity index is 881. The Morgan fingerprint density at radius 2 is 1.59 bits per heavy atom. The fraction of sp³-hybridized carbons (Fsp3) is 0.333. The summed E-state index contributed by atoms with van der Waals surface area (Å²) < 4.78 is 27.3. The number of benzene rings is 2. The lowest BCUT2D eigenvalue weighted by Gasteiger charge is -2.36. The standard InChI is InChI=1S/C18H22N4O4S/c23-22(24)17-8-4-5-9-18(17)27(25,26)19-10-11-20-12-14-21(15-13-20)16-6-2-1-3-7-16/h1-9,19H,10-15H2. The van der Waals surface area contributed by atoms with Crippen LogP contribution in [0.25, 0.3) is 0 Å². The third kappa shape index (κ3) is 4.82. The van der Waals surface area contributed by atoms with E-state index in [0.717, 1.165) is 26.2 Å². The number of nitro benzene ring substituents is 1. The Labute approximate surface area is 158 Å². The highest BCUT2D eigenvalue weighted by molar-refractivity contribution is 7.89. The number of nitro groups is 1. The molecule has 0 amide bonds. The molecule has 2 aromatic rings. The van der Waals surface area contributed by atoms with Crippen LogP contribution in [0.1, 0.15) is 0 Å². The van der Waals surface area contributed by atoms with E-state index in [1.165, 1.54) is 30.0 Å². The van der Waals surface area contributed by atoms with Gasteiger partial charge in [0.25, 0.3) is 5.69 Å². The van der Waals surface area contributed by atoms with Gasteiger partial charge in [0.1, 0.15) is 0 Å². The highest BCUT2D eigenvalue weighted by Gasteiger charge is 2.25. The second kappa shape index (κ2) is 8.47. The van der Waals surface area contributed by atoms with E-state index in [9.17, 15) is 18.5 Å². The zero-order chi connectivity index (χ0) is 19.3. The molecule has 0 aliphatic carbocycles. The summed E-state index contributed by atoms with van der Waals surface area (Å²) in [5, 5.41) is 11.0. The summed E-state index contributed by atoms with van der Waals surface area (Å²) in [4.78, 5) is 14.5. The predicted molar refractivity (Wildman–Crippen MR) is 103 cm³/mol. The van der Waals surface area contributed by atoms with Gasteiger partial charge >= 0.3 is 0 Å². The monoisotopic (exact) mass is 390 g/mol. The molecule has 27 heavy (non-hydrogen) atoms. The Morgan fingerprint density at radius 3 is 2.26 bits per heavy atom. The van der Waals surface area contributed by atoms with Crippen LogP contribution in [0.5, 0.6) is 0 Å². The Kier molecular flexibility index (Phi) is 6.04. The smallest absolute Gasteiger partial charge is 0.289 e. The number of nitrogens with zero attached hydrogens (tertiary/aromatic N) is 3. The van der Waals surface area contributed by atoms with Crippen LogP contribution in [0, 0.1) is 10.1 Å². The van der Waals surface area contributed by atoms with E-state index >= 15 is 0 Å². The first-order valence-electron chi connectivity index (χ1n) is 8.73. The molecule has 0 aromatic heterocycles. The van der Waals surface area contributed by atoms with Crippen molar-refractivity contribution in [2.24, 2.45) is 0 Å². The van der Waals surface area contributed by atoms with Gasteiger partial charge in [0, 0.05) is 51.0 Å². The number of rotatable bonds is 7. The predicted octanol–water partition coefficient (Wildman–Crippen LogP) is 1.70. The molecular weight excluding hydrogens is 368 g/mol. The molecule has 144 valence electrons. The molecule has 9 heteroatoms. The number of hydrogen-bond acceptors (Lipinski definition) is 6. The lowest BCUT2D eigenvalue weighted by atomic mass is 10.2. The van der Waals surface area contributed by atoms with E-state index in [-0.39, 0.29) is 11.4 Å². The molecule has 2 aromatic carbocycles. The van der Waals surface area contributed by atoms with Crippen LogP contribution in [-0.2, 0) is 10.0 Å². The molecule has 1 saturated heterocycles. The summed E-state index contributed by atoms with van der Waals surface area (Å²) in [5.41, 5.74) is 0.774. The van der Waals surface area contributed by atoms with E-state index in [0.29, 0.717) is 6.54 Å². The van der Waals surface area contributed by atoms with Crippen LogP contribution in [0.4, 0.5) is 11.4 Å². The van der Waals surface area contributed by atoms with Gasteiger partial charge in [-0.2, -0.15) is 0 Å². The number of sulfonamides is 1. The van der Waals surface area contributed by atoms with E-state index in [4.69, 9.17) is 0 Å². The van der Waals surface area contributed by atoms with Crippen molar-refractivity contribution in [3.8, 4) is 0 Å². The molecule has 0 saturated carbocycles. The van der Waals surface area contributed by atoms with Gasteiger partial charge in [-0.05, 0) is 18.2 Å². The number of hydrogen-bond donors (Lipinski definition) is 1. The molecule has 0 radical (unpaired) electrons. The van der Waals surface area contributed by atoms with Crippen molar-refractivity contribution in [3.63, 3.8) is 0 Å². The third-order valence-corrected chi connectivity index (χ3v) is 6.07. The molecule has 3 rings (SSSR count). The van der Waals surface area contributed by atoms with E-state index in [1.54, 1.807) is 0 Å². The van der Waals surface area contributed by atoms with Crippen molar-refractivity contribution < 1.29 is 13.3 Å². The second-order valence-corrected chi connectivity index (χ2v) is 8.02. The molecule has 1 fully saturated rings. The average Bonchev–Trinajstić information content (AvgIpc) is 2.69. The van der Waals surface area contributed by atoms with Crippen LogP contribution in [0.2, 0.25) is 0 Å². The van der Waals surface area contributed by atoms with Crippen molar-refractivity contribution in [3.05, 3.63) is 64.7 Å². The lowest BCUT2D eigenvalue weighted by molar-refractivity contribution is -0.387. The van der Waals surface area contributed by atoms with Gasteiger partial charge < -0.3 is 4.90 Å². The molecule has 0 spiro atoms. The maximum atomic E-state index is 12.4. The van der Waals surface area contributed by atoms with Crippen molar-refractivity contribution in [2.45, 2.75) is 4.90 Å². The molecule has 1 aliphatic heterocycles. The summed E-state index contributed by atoms with van der Waals surface area (Å²) in [7, 11) is -3.92. The molecule has 1 heterocycles. The van der Waals surface area contributed by atoms with Crippen LogP contribution in [-0.4, -0.2) is 57.5 Å². The van der Waals surface area contributed by atoms with Gasteiger partial charge in [0.15, 0.2) is 4.90 Å². The summed E-state index contributed by atoms with van der Waals surface area (Å²) in [6, 6.07) is 15.5. The largest absolute Gasteiger partial charge is 0.369 e. The first-order chi connectivity index (χ1) is 13.0. The van der Waals surface area contributed by atoms with Crippen molar-refractivity contribution in [1.82, 2.24) is 9.62 Å². The fourth-order valence-electron chi connectivity index (χ4n) is 3.12. The van der Waals surface area contributed by atoms with Crippen molar-refractivity contribution in [2.75, 3.05) is 44.2 Å². The molecule has 1 aliphatic rings. The minimum absolute atomic E-state index is 0.208. The summed E-state index contributed by atoms with van der Waals surface area (Å²) in [5.74, 6) is 0. The molecule has 1 N–H and O–H groups in total. The van der Waals surface area contributed by atoms with Gasteiger partial charge in [-0.15, -0.1) is 0 Å². The molecule has 0 bridgehead atoms. The number of para-hydroxylation sites is 2. The van der Waals surface area contributed by atoms with Crippen LogP contribution in [0.15, 0.2) is 59.5 Å². The lowest BCUT2D eigenvalue weighted by Crippen LogP contribution is -2.48. The van der Waals surface area contributed by atoms with Crippen LogP contribution >= 0.6 is 0 Å². The maximum absolute atomic E-state index is 12.4. The highest BCUT2D eigenvalue weighted by Crippen LogP contribution is 2.22. The number of anilines is 1. The first-order valence-corrected chi connectivity index (χ1v) is 10.2. The SMILES string of the molecule is O=[N+]([O-])c1ccccc1S(=O)(=O)NCCN1CCN(c2ccccc2)CC1. The zero-order valence-corrected chi connectivity index (χ0v) is 15.6. The maximum Gasteiger partial charge on any atom is 0.289 e. The van der Waals surface area contributed by atoms with Gasteiger partial charge in [-0.1, -0.05) is 30.3 Å². The van der Waals surface area contributed by atoms with Crippen LogP contribution < -0.4 is 9.62 Å². The molecule has 8 nitrogen and oxygen atoms in total. The first kappa shape index (κ1) is 19.3. The summed E-state index contributed by atoms with van der Waals surface area (Å²) in [6.07, 6.45) is 0. The molecule has 0 unspecified atom stereocenters. The average molecular weight is 390 g/mol. The molecule has 0 atom stereocenters. The fourth-order valence-corrected chi connectivity index (χ4v) is 4.31. The number of nitrogens with one attached hydrogen (secondary N) is 1. The van der Waals surface area contributed by atoms with Crippen molar-refractivity contribution in [1.29, 1.82) is 0 Å². The topological polar surface area (TPSA) is 95.8 Å². The van der Waals surface area contributed by atoms with E-state index < -0.39 is 20.6 Å². The van der Waals surface area contributed by atoms with E-state index in [1.807, 2.05) is 18.2 Å². The van der Waals surface area contributed by atoms with Crippen LogP contribution in [0.3, 0.4) is 0 Å². The number of piperazine rings is 1. The van der Waals surface area contributed by atoms with E-state index in [2.05, 4.69) is 26.7 Å². The molecular formula is C18H22N4O4S. The van der Waals surface area contributed by atoms with Gasteiger partial charge in [0.05, 0.1) is 4.92 Å². The quantitative estimate of drug-likeness (QED) is 0.571. The Hall–Kier alpha value is -2.49. The van der Waals surface area contributed by atoms with Gasteiger partial charge in [-0.3, -0.25) is 15.0 Å². The summed E-state index contributed by atoms with van der Waals surface area (Å²) in [6.45, 7) is 4.19. The summed E-state index contributed by atoms with van der Waals surface area (Å²) >= 11 is 0. The Morgan fingerprint density at radius 1 is 0.963 bits per heavy atom. The van der Waals surface area contributed by atoms with Gasteiger partial charge in [0.2, 0.25) is 10.0 Å². The second-order valence-electron chi connectivity index (χ2n) is 6.29. The minimum Gasteiger partial charge on any atom is -0.369 e. The normalized spacial score (nSPS) is 15.6. The zero-order valence-electron chi connectivity index (χ0n) is 14.8. The van der Waals surface area contributed by atoms with Gasteiger partial charge in [-0.25, -0.2) is 13.1 Å². The van der Waals surface area contributed by atoms with Crippen molar-refractivity contribution >= 4 is 21.4 Å². The Balaban J connectivity index is 1.51.